The second kappa shape index (κ2) is 8.36. The second-order valence-corrected chi connectivity index (χ2v) is 7.03. The van der Waals surface area contributed by atoms with Gasteiger partial charge in [0.1, 0.15) is 5.75 Å². The fourth-order valence-corrected chi connectivity index (χ4v) is 3.51. The van der Waals surface area contributed by atoms with Gasteiger partial charge in [-0.15, -0.1) is 0 Å². The van der Waals surface area contributed by atoms with Gasteiger partial charge in [-0.25, -0.2) is 4.68 Å². The highest BCUT2D eigenvalue weighted by Gasteiger charge is 2.27. The van der Waals surface area contributed by atoms with Crippen molar-refractivity contribution in [3.05, 3.63) is 42.2 Å². The van der Waals surface area contributed by atoms with Crippen molar-refractivity contribution in [1.82, 2.24) is 19.6 Å². The molecule has 2 heterocycles. The molecule has 0 aliphatic carbocycles. The fourth-order valence-electron chi connectivity index (χ4n) is 3.51. The quantitative estimate of drug-likeness (QED) is 0.827. The molecule has 0 bridgehead atoms. The Kier molecular flexibility index (Phi) is 5.93. The number of nitrogens with zero attached hydrogens (tertiary/aromatic N) is 4. The lowest BCUT2D eigenvalue weighted by molar-refractivity contribution is -0.135. The number of amides is 1. The number of carbonyl (C=O) groups excluding carboxylic acids is 1. The van der Waals surface area contributed by atoms with Crippen molar-refractivity contribution >= 4 is 5.91 Å². The lowest BCUT2D eigenvalue weighted by atomic mass is 10.1. The van der Waals surface area contributed by atoms with Gasteiger partial charge < -0.3 is 9.64 Å². The van der Waals surface area contributed by atoms with E-state index in [1.54, 1.807) is 7.11 Å². The summed E-state index contributed by atoms with van der Waals surface area (Å²) in [6, 6.07) is 7.76. The first-order chi connectivity index (χ1) is 12.6. The van der Waals surface area contributed by atoms with Gasteiger partial charge in [-0.1, -0.05) is 18.9 Å². The van der Waals surface area contributed by atoms with Crippen molar-refractivity contribution in [2.24, 2.45) is 0 Å². The van der Waals surface area contributed by atoms with Gasteiger partial charge in [-0.2, -0.15) is 5.10 Å². The van der Waals surface area contributed by atoms with Crippen LogP contribution in [-0.4, -0.2) is 59.3 Å². The Labute approximate surface area is 155 Å². The maximum atomic E-state index is 12.9. The first kappa shape index (κ1) is 18.5. The summed E-state index contributed by atoms with van der Waals surface area (Å²) in [4.78, 5) is 16.9. The van der Waals surface area contributed by atoms with Crippen molar-refractivity contribution in [2.75, 3.05) is 27.7 Å². The lowest BCUT2D eigenvalue weighted by Gasteiger charge is -2.28. The molecule has 2 aromatic rings. The topological polar surface area (TPSA) is 50.6 Å². The maximum absolute atomic E-state index is 12.9. The number of likely N-dealkylation sites (tertiary alicyclic amines) is 1. The average Bonchev–Trinajstić information content (AvgIpc) is 3.01. The minimum atomic E-state index is -0.00377. The van der Waals surface area contributed by atoms with Gasteiger partial charge in [0.25, 0.3) is 0 Å². The van der Waals surface area contributed by atoms with E-state index >= 15 is 0 Å². The van der Waals surface area contributed by atoms with Crippen LogP contribution < -0.4 is 4.74 Å². The third-order valence-electron chi connectivity index (χ3n) is 5.06. The second-order valence-electron chi connectivity index (χ2n) is 7.03. The van der Waals surface area contributed by atoms with Crippen LogP contribution in [0.15, 0.2) is 36.7 Å². The van der Waals surface area contributed by atoms with Crippen LogP contribution in [0.3, 0.4) is 0 Å². The first-order valence-corrected chi connectivity index (χ1v) is 9.21. The smallest absolute Gasteiger partial charge is 0.239 e. The molecular weight excluding hydrogens is 328 g/mol. The molecule has 1 aromatic carbocycles. The number of carbonyl (C=O) groups is 1. The number of hydrogen-bond donors (Lipinski definition) is 0. The molecule has 0 spiro atoms. The zero-order chi connectivity index (χ0) is 18.5. The minimum absolute atomic E-state index is 0.00377. The number of hydrogen-bond acceptors (Lipinski definition) is 4. The highest BCUT2D eigenvalue weighted by molar-refractivity contribution is 5.81. The van der Waals surface area contributed by atoms with E-state index in [1.165, 1.54) is 12.8 Å². The van der Waals surface area contributed by atoms with Crippen LogP contribution in [0, 0.1) is 0 Å². The summed E-state index contributed by atoms with van der Waals surface area (Å²) in [6.45, 7) is 1.56. The summed E-state index contributed by atoms with van der Waals surface area (Å²) in [7, 11) is 5.59. The zero-order valence-electron chi connectivity index (χ0n) is 15.9. The van der Waals surface area contributed by atoms with Crippen LogP contribution in [0.5, 0.6) is 5.75 Å². The molecule has 0 saturated carbocycles. The molecule has 6 heteroatoms. The molecule has 1 unspecified atom stereocenters. The largest absolute Gasteiger partial charge is 0.497 e. The highest BCUT2D eigenvalue weighted by atomic mass is 16.5. The Morgan fingerprint density at radius 3 is 3.00 bits per heavy atom. The van der Waals surface area contributed by atoms with E-state index in [4.69, 9.17) is 4.74 Å². The van der Waals surface area contributed by atoms with Gasteiger partial charge in [-0.05, 0) is 38.6 Å². The Morgan fingerprint density at radius 2 is 2.19 bits per heavy atom. The van der Waals surface area contributed by atoms with Crippen molar-refractivity contribution in [2.45, 2.75) is 38.3 Å². The fraction of sp³-hybridized carbons (Fsp3) is 0.500. The summed E-state index contributed by atoms with van der Waals surface area (Å²) in [5.74, 6) is 0.992. The summed E-state index contributed by atoms with van der Waals surface area (Å²) in [5, 5.41) is 4.43. The molecule has 1 aliphatic heterocycles. The number of methoxy groups -OCH3 is 1. The molecule has 3 rings (SSSR count). The van der Waals surface area contributed by atoms with Crippen molar-refractivity contribution in [3.63, 3.8) is 0 Å². The summed E-state index contributed by atoms with van der Waals surface area (Å²) in [5.41, 5.74) is 1.95. The predicted molar refractivity (Wildman–Crippen MR) is 101 cm³/mol. The van der Waals surface area contributed by atoms with Gasteiger partial charge >= 0.3 is 0 Å². The minimum Gasteiger partial charge on any atom is -0.497 e. The van der Waals surface area contributed by atoms with E-state index in [0.717, 1.165) is 36.4 Å². The molecule has 1 amide bonds. The molecule has 6 nitrogen and oxygen atoms in total. The van der Waals surface area contributed by atoms with Crippen LogP contribution in [-0.2, 0) is 11.3 Å². The molecule has 1 atom stereocenters. The zero-order valence-corrected chi connectivity index (χ0v) is 15.9. The van der Waals surface area contributed by atoms with E-state index in [1.807, 2.05) is 53.3 Å². The van der Waals surface area contributed by atoms with Gasteiger partial charge in [0.05, 0.1) is 25.0 Å². The average molecular weight is 356 g/mol. The number of ether oxygens (including phenoxy) is 1. The molecule has 1 aliphatic rings. The van der Waals surface area contributed by atoms with E-state index in [9.17, 15) is 4.79 Å². The maximum Gasteiger partial charge on any atom is 0.239 e. The normalized spacial score (nSPS) is 18.3. The van der Waals surface area contributed by atoms with Gasteiger partial charge in [0.15, 0.2) is 0 Å². The molecule has 0 radical (unpaired) electrons. The third-order valence-corrected chi connectivity index (χ3v) is 5.06. The van der Waals surface area contributed by atoms with Crippen LogP contribution in [0.4, 0.5) is 0 Å². The Bertz CT molecular complexity index is 743. The van der Waals surface area contributed by atoms with Crippen molar-refractivity contribution < 1.29 is 9.53 Å². The third kappa shape index (κ3) is 4.25. The van der Waals surface area contributed by atoms with Crippen molar-refractivity contribution in [3.8, 4) is 11.4 Å². The van der Waals surface area contributed by atoms with Crippen LogP contribution in [0.2, 0.25) is 0 Å². The van der Waals surface area contributed by atoms with Gasteiger partial charge in [0, 0.05) is 31.4 Å². The van der Waals surface area contributed by atoms with Crippen molar-refractivity contribution in [1.29, 1.82) is 0 Å². The number of rotatable bonds is 5. The lowest BCUT2D eigenvalue weighted by Crippen LogP contribution is -2.45. The SMILES string of the molecule is COc1cccc(-n2cc(CN(C)C(=O)C3CCCCCN3C)cn2)c1. The Morgan fingerprint density at radius 1 is 1.35 bits per heavy atom. The number of benzene rings is 1. The highest BCUT2D eigenvalue weighted by Crippen LogP contribution is 2.19. The number of likely N-dealkylation sites (N-methyl/N-ethyl adjacent to an activating group) is 2. The van der Waals surface area contributed by atoms with E-state index in [0.29, 0.717) is 6.54 Å². The predicted octanol–water partition coefficient (Wildman–Crippen LogP) is 2.71. The molecule has 0 N–H and O–H groups in total. The first-order valence-electron chi connectivity index (χ1n) is 9.21. The van der Waals surface area contributed by atoms with Crippen LogP contribution in [0.25, 0.3) is 5.69 Å². The van der Waals surface area contributed by atoms with Crippen LogP contribution >= 0.6 is 0 Å². The standard InChI is InChI=1S/C20H28N4O2/c1-22-11-6-4-5-10-19(22)20(25)23(2)14-16-13-21-24(15-16)17-8-7-9-18(12-17)26-3/h7-9,12-13,15,19H,4-6,10-11,14H2,1-3H3. The van der Waals surface area contributed by atoms with Crippen LogP contribution in [0.1, 0.15) is 31.2 Å². The summed E-state index contributed by atoms with van der Waals surface area (Å²) in [6.07, 6.45) is 8.25. The Balaban J connectivity index is 1.67. The molecule has 26 heavy (non-hydrogen) atoms. The monoisotopic (exact) mass is 356 g/mol. The summed E-state index contributed by atoms with van der Waals surface area (Å²) >= 11 is 0. The van der Waals surface area contributed by atoms with E-state index in [2.05, 4.69) is 17.0 Å². The summed E-state index contributed by atoms with van der Waals surface area (Å²) < 4.78 is 7.08. The Hall–Kier alpha value is -2.34. The molecular formula is C20H28N4O2. The molecule has 140 valence electrons. The molecule has 1 fully saturated rings. The molecule has 1 saturated heterocycles. The van der Waals surface area contributed by atoms with E-state index < -0.39 is 0 Å². The van der Waals surface area contributed by atoms with E-state index in [-0.39, 0.29) is 11.9 Å². The molecule has 1 aromatic heterocycles. The number of aromatic nitrogens is 2. The van der Waals surface area contributed by atoms with Gasteiger partial charge in [0.2, 0.25) is 5.91 Å². The van der Waals surface area contributed by atoms with Gasteiger partial charge in [-0.3, -0.25) is 9.69 Å².